The summed E-state index contributed by atoms with van der Waals surface area (Å²) in [5.74, 6) is -1.79. The van der Waals surface area contributed by atoms with Gasteiger partial charge in [0.15, 0.2) is 0 Å². The lowest BCUT2D eigenvalue weighted by molar-refractivity contribution is -0.122. The Bertz CT molecular complexity index is 947. The quantitative estimate of drug-likeness (QED) is 0.687. The highest BCUT2D eigenvalue weighted by molar-refractivity contribution is 5.94. The van der Waals surface area contributed by atoms with E-state index in [1.165, 1.54) is 0 Å². The van der Waals surface area contributed by atoms with Crippen LogP contribution >= 0.6 is 0 Å². The van der Waals surface area contributed by atoms with Crippen LogP contribution in [0, 0.1) is 17.6 Å². The normalized spacial score (nSPS) is 21.0. The number of halogens is 2. The second-order valence-electron chi connectivity index (χ2n) is 8.97. The molecule has 0 aliphatic heterocycles. The topological polar surface area (TPSA) is 75.4 Å². The fraction of sp³-hybridized carbons (Fsp3) is 0.440. The number of carbonyl (C=O) groups is 2. The van der Waals surface area contributed by atoms with Gasteiger partial charge in [0.05, 0.1) is 0 Å². The Kier molecular flexibility index (Phi) is 6.84. The van der Waals surface area contributed by atoms with E-state index < -0.39 is 17.5 Å². The third-order valence-corrected chi connectivity index (χ3v) is 6.60. The van der Waals surface area contributed by atoms with Crippen LogP contribution in [0.25, 0.3) is 0 Å². The first-order valence-electron chi connectivity index (χ1n) is 11.3. The van der Waals surface area contributed by atoms with E-state index in [1.807, 2.05) is 24.3 Å². The van der Waals surface area contributed by atoms with Crippen LogP contribution in [0.3, 0.4) is 0 Å². The molecule has 2 aliphatic carbocycles. The Labute approximate surface area is 187 Å². The molecule has 2 aromatic carbocycles. The van der Waals surface area contributed by atoms with Crippen LogP contribution in [-0.2, 0) is 11.3 Å². The van der Waals surface area contributed by atoms with Crippen molar-refractivity contribution in [1.29, 1.82) is 0 Å². The predicted octanol–water partition coefficient (Wildman–Crippen LogP) is 4.62. The molecule has 2 aromatic rings. The predicted molar refractivity (Wildman–Crippen MR) is 119 cm³/mol. The molecule has 7 heteroatoms. The second-order valence-corrected chi connectivity index (χ2v) is 8.97. The summed E-state index contributed by atoms with van der Waals surface area (Å²) in [5, 5.41) is 2.94. The van der Waals surface area contributed by atoms with Crippen LogP contribution in [0.4, 0.5) is 14.5 Å². The summed E-state index contributed by atoms with van der Waals surface area (Å²) in [6.45, 7) is 0.313. The van der Waals surface area contributed by atoms with Crippen molar-refractivity contribution in [3.05, 3.63) is 65.2 Å². The van der Waals surface area contributed by atoms with Crippen molar-refractivity contribution in [2.75, 3.05) is 5.32 Å². The molecule has 0 spiro atoms. The van der Waals surface area contributed by atoms with E-state index in [0.717, 1.165) is 74.4 Å². The molecule has 0 unspecified atom stereocenters. The number of hydrogen-bond acceptors (Lipinski definition) is 3. The Morgan fingerprint density at radius 2 is 1.56 bits per heavy atom. The van der Waals surface area contributed by atoms with Crippen LogP contribution in [0.1, 0.15) is 60.9 Å². The maximum Gasteiger partial charge on any atom is 0.254 e. The van der Waals surface area contributed by atoms with E-state index in [1.54, 1.807) is 4.90 Å². The van der Waals surface area contributed by atoms with E-state index >= 15 is 0 Å². The number of amides is 2. The molecule has 2 aliphatic rings. The van der Waals surface area contributed by atoms with Gasteiger partial charge in [-0.25, -0.2) is 8.78 Å². The molecule has 32 heavy (non-hydrogen) atoms. The summed E-state index contributed by atoms with van der Waals surface area (Å²) in [6.07, 6.45) is 6.08. The summed E-state index contributed by atoms with van der Waals surface area (Å²) in [5.41, 5.74) is 7.64. The summed E-state index contributed by atoms with van der Waals surface area (Å²) in [7, 11) is 0. The Balaban J connectivity index is 1.50. The molecule has 4 rings (SSSR count). The lowest BCUT2D eigenvalue weighted by Crippen LogP contribution is -2.43. The van der Waals surface area contributed by atoms with E-state index in [9.17, 15) is 18.4 Å². The maximum absolute atomic E-state index is 13.7. The van der Waals surface area contributed by atoms with Gasteiger partial charge in [0, 0.05) is 41.9 Å². The fourth-order valence-electron chi connectivity index (χ4n) is 4.43. The highest BCUT2D eigenvalue weighted by Crippen LogP contribution is 2.28. The van der Waals surface area contributed by atoms with Gasteiger partial charge in [-0.3, -0.25) is 9.59 Å². The van der Waals surface area contributed by atoms with Crippen LogP contribution in [0.15, 0.2) is 42.5 Å². The summed E-state index contributed by atoms with van der Waals surface area (Å²) < 4.78 is 27.5. The van der Waals surface area contributed by atoms with Crippen molar-refractivity contribution >= 4 is 17.5 Å². The molecule has 170 valence electrons. The second kappa shape index (κ2) is 9.77. The number of rotatable bonds is 6. The van der Waals surface area contributed by atoms with Crippen LogP contribution in [0.5, 0.6) is 0 Å². The first-order valence-corrected chi connectivity index (χ1v) is 11.3. The van der Waals surface area contributed by atoms with Gasteiger partial charge in [-0.05, 0) is 68.4 Å². The Morgan fingerprint density at radius 1 is 0.938 bits per heavy atom. The molecular weight excluding hydrogens is 412 g/mol. The number of nitrogens with one attached hydrogen (secondary N) is 1. The SMILES string of the molecule is NC1CCC(N(Cc2ccc(NC(=O)C3CCC3)cc2)C(=O)c2cc(F)cc(F)c2)CC1. The number of benzene rings is 2. The Morgan fingerprint density at radius 3 is 2.12 bits per heavy atom. The molecule has 5 nitrogen and oxygen atoms in total. The molecule has 0 radical (unpaired) electrons. The van der Waals surface area contributed by atoms with Crippen molar-refractivity contribution in [2.45, 2.75) is 63.6 Å². The molecule has 0 aromatic heterocycles. The number of anilines is 1. The minimum absolute atomic E-state index is 0.00162. The van der Waals surface area contributed by atoms with Crippen molar-refractivity contribution in [2.24, 2.45) is 11.7 Å². The number of nitrogens with zero attached hydrogens (tertiary/aromatic N) is 1. The van der Waals surface area contributed by atoms with Crippen molar-refractivity contribution in [3.63, 3.8) is 0 Å². The zero-order chi connectivity index (χ0) is 22.7. The number of hydrogen-bond donors (Lipinski definition) is 2. The molecule has 2 saturated carbocycles. The molecule has 3 N–H and O–H groups in total. The molecule has 0 heterocycles. The smallest absolute Gasteiger partial charge is 0.254 e. The molecule has 0 atom stereocenters. The van der Waals surface area contributed by atoms with E-state index in [2.05, 4.69) is 5.32 Å². The van der Waals surface area contributed by atoms with Crippen molar-refractivity contribution < 1.29 is 18.4 Å². The van der Waals surface area contributed by atoms with Crippen LogP contribution in [0.2, 0.25) is 0 Å². The van der Waals surface area contributed by atoms with Gasteiger partial charge in [-0.15, -0.1) is 0 Å². The van der Waals surface area contributed by atoms with E-state index in [4.69, 9.17) is 5.73 Å². The summed E-state index contributed by atoms with van der Waals surface area (Å²) >= 11 is 0. The average molecular weight is 442 g/mol. The number of nitrogens with two attached hydrogens (primary N) is 1. The van der Waals surface area contributed by atoms with E-state index in [-0.39, 0.29) is 29.5 Å². The minimum Gasteiger partial charge on any atom is -0.331 e. The van der Waals surface area contributed by atoms with Gasteiger partial charge >= 0.3 is 0 Å². The lowest BCUT2D eigenvalue weighted by Gasteiger charge is -2.36. The highest BCUT2D eigenvalue weighted by Gasteiger charge is 2.29. The van der Waals surface area contributed by atoms with Gasteiger partial charge in [-0.2, -0.15) is 0 Å². The summed E-state index contributed by atoms with van der Waals surface area (Å²) in [4.78, 5) is 27.1. The van der Waals surface area contributed by atoms with Gasteiger partial charge in [0.1, 0.15) is 11.6 Å². The van der Waals surface area contributed by atoms with Gasteiger partial charge in [-0.1, -0.05) is 18.6 Å². The fourth-order valence-corrected chi connectivity index (χ4v) is 4.43. The van der Waals surface area contributed by atoms with E-state index in [0.29, 0.717) is 6.54 Å². The number of carbonyl (C=O) groups excluding carboxylic acids is 2. The van der Waals surface area contributed by atoms with Gasteiger partial charge in [0.25, 0.3) is 5.91 Å². The lowest BCUT2D eigenvalue weighted by atomic mass is 9.85. The first-order chi connectivity index (χ1) is 15.4. The Hall–Kier alpha value is -2.80. The first kappa shape index (κ1) is 22.4. The molecule has 0 bridgehead atoms. The van der Waals surface area contributed by atoms with Crippen molar-refractivity contribution in [1.82, 2.24) is 4.90 Å². The average Bonchev–Trinajstić information content (AvgIpc) is 2.71. The van der Waals surface area contributed by atoms with Crippen LogP contribution in [-0.4, -0.2) is 28.8 Å². The molecule has 2 fully saturated rings. The van der Waals surface area contributed by atoms with Crippen LogP contribution < -0.4 is 11.1 Å². The third-order valence-electron chi connectivity index (χ3n) is 6.60. The third kappa shape index (κ3) is 5.33. The zero-order valence-corrected chi connectivity index (χ0v) is 18.0. The largest absolute Gasteiger partial charge is 0.331 e. The molecule has 0 saturated heterocycles. The van der Waals surface area contributed by atoms with Gasteiger partial charge in [0.2, 0.25) is 5.91 Å². The standard InChI is InChI=1S/C25H29F2N3O2/c26-19-12-18(13-20(27)14-19)25(32)30(23-10-6-21(28)7-11-23)15-16-4-8-22(9-5-16)29-24(31)17-2-1-3-17/h4-5,8-9,12-14,17,21,23H,1-3,6-7,10-11,15,28H2,(H,29,31). The minimum atomic E-state index is -0.773. The molecular formula is C25H29F2N3O2. The summed E-state index contributed by atoms with van der Waals surface area (Å²) in [6, 6.07) is 10.4. The van der Waals surface area contributed by atoms with Crippen molar-refractivity contribution in [3.8, 4) is 0 Å². The monoisotopic (exact) mass is 441 g/mol. The highest BCUT2D eigenvalue weighted by atomic mass is 19.1. The molecule has 2 amide bonds. The maximum atomic E-state index is 13.7. The van der Waals surface area contributed by atoms with Gasteiger partial charge < -0.3 is 16.0 Å². The zero-order valence-electron chi connectivity index (χ0n) is 18.0.